The van der Waals surface area contributed by atoms with Crippen molar-refractivity contribution in [2.75, 3.05) is 4.90 Å². The smallest absolute Gasteiger partial charge is 0.0542 e. The van der Waals surface area contributed by atoms with Crippen molar-refractivity contribution in [2.45, 2.75) is 74.1 Å². The zero-order chi connectivity index (χ0) is 42.4. The summed E-state index contributed by atoms with van der Waals surface area (Å²) in [4.78, 5) is 2.41. The molecule has 7 aromatic rings. The van der Waals surface area contributed by atoms with Crippen LogP contribution in [0.2, 0.25) is 0 Å². The van der Waals surface area contributed by atoms with Crippen LogP contribution in [0.25, 0.3) is 49.7 Å². The first kappa shape index (κ1) is 42.0. The van der Waals surface area contributed by atoms with Gasteiger partial charge in [0.2, 0.25) is 0 Å². The highest BCUT2D eigenvalue weighted by Crippen LogP contribution is 2.44. The molecule has 1 heterocycles. The number of para-hydroxylation sites is 1. The van der Waals surface area contributed by atoms with Crippen LogP contribution in [0, 0.1) is 16.7 Å². The summed E-state index contributed by atoms with van der Waals surface area (Å²) in [7, 11) is 0. The molecule has 0 fully saturated rings. The quantitative estimate of drug-likeness (QED) is 0.106. The molecule has 304 valence electrons. The van der Waals surface area contributed by atoms with Crippen molar-refractivity contribution in [3.8, 4) is 27.9 Å². The summed E-state index contributed by atoms with van der Waals surface area (Å²) in [6.07, 6.45) is 15.0. The average Bonchev–Trinajstić information content (AvgIpc) is 3.57. The molecule has 2 unspecified atom stereocenters. The van der Waals surface area contributed by atoms with E-state index in [1.165, 1.54) is 49.6 Å². The van der Waals surface area contributed by atoms with Gasteiger partial charge in [-0.25, -0.2) is 0 Å². The molecule has 0 amide bonds. The SMILES string of the molecule is C=C/C=C(\C(C)/C=C\C=C/CC)N(c1ccc(-c2ccccc2)cc1)c1ccc2c(c1)c1cc(-c3ccc(C(CC(C)(C)C)C(C)(C)C)cc3)ccc1n2-c1ccccc1. The Morgan fingerprint density at radius 2 is 1.18 bits per heavy atom. The van der Waals surface area contributed by atoms with Crippen molar-refractivity contribution in [3.63, 3.8) is 0 Å². The number of allylic oxidation sites excluding steroid dienone is 6. The van der Waals surface area contributed by atoms with Crippen LogP contribution in [0.4, 0.5) is 11.4 Å². The number of hydrogen-bond acceptors (Lipinski definition) is 1. The van der Waals surface area contributed by atoms with E-state index < -0.39 is 0 Å². The van der Waals surface area contributed by atoms with E-state index in [0.717, 1.165) is 35.6 Å². The summed E-state index contributed by atoms with van der Waals surface area (Å²) < 4.78 is 2.41. The molecule has 1 aromatic heterocycles. The average molecular weight is 787 g/mol. The molecule has 0 aliphatic carbocycles. The second-order valence-corrected chi connectivity index (χ2v) is 18.5. The van der Waals surface area contributed by atoms with E-state index in [-0.39, 0.29) is 16.7 Å². The number of benzene rings is 6. The van der Waals surface area contributed by atoms with Crippen molar-refractivity contribution in [1.82, 2.24) is 4.57 Å². The Morgan fingerprint density at radius 1 is 0.633 bits per heavy atom. The molecular formula is C58H62N2. The molecular weight excluding hydrogens is 725 g/mol. The molecule has 60 heavy (non-hydrogen) atoms. The van der Waals surface area contributed by atoms with Gasteiger partial charge in [-0.1, -0.05) is 183 Å². The summed E-state index contributed by atoms with van der Waals surface area (Å²) in [5, 5.41) is 2.43. The first-order chi connectivity index (χ1) is 28.9. The van der Waals surface area contributed by atoms with Gasteiger partial charge in [-0.3, -0.25) is 0 Å². The van der Waals surface area contributed by atoms with Gasteiger partial charge < -0.3 is 9.47 Å². The van der Waals surface area contributed by atoms with Crippen LogP contribution in [0.5, 0.6) is 0 Å². The molecule has 2 atom stereocenters. The lowest BCUT2D eigenvalue weighted by atomic mass is 9.69. The predicted molar refractivity (Wildman–Crippen MR) is 263 cm³/mol. The van der Waals surface area contributed by atoms with Gasteiger partial charge >= 0.3 is 0 Å². The normalized spacial score (nSPS) is 13.7. The largest absolute Gasteiger partial charge is 0.314 e. The van der Waals surface area contributed by atoms with Crippen molar-refractivity contribution in [1.29, 1.82) is 0 Å². The topological polar surface area (TPSA) is 8.17 Å². The molecule has 0 bridgehead atoms. The molecule has 0 N–H and O–H groups in total. The maximum atomic E-state index is 4.18. The minimum absolute atomic E-state index is 0.107. The molecule has 7 rings (SSSR count). The molecule has 0 aliphatic heterocycles. The van der Waals surface area contributed by atoms with E-state index in [9.17, 15) is 0 Å². The third kappa shape index (κ3) is 9.35. The minimum atomic E-state index is 0.107. The van der Waals surface area contributed by atoms with Gasteiger partial charge in [0, 0.05) is 39.4 Å². The number of rotatable bonds is 13. The second-order valence-electron chi connectivity index (χ2n) is 18.5. The standard InChI is InChI=1S/C58H62N2/c1-10-12-13-16-22-42(3)54(21-11-2)59(49-34-31-44(32-35-49)43-23-17-14-18-24-43)50-36-38-56-52(40-50)51-39-47(33-37-55(51)60(56)48-25-19-15-20-26-48)45-27-29-46(30-28-45)53(58(7,8)9)41-57(4,5)6/h11-40,42,53H,2,10,41H2,1,3-9H3/b13-12-,22-16-,54-21+. The third-order valence-corrected chi connectivity index (χ3v) is 11.7. The van der Waals surface area contributed by atoms with Crippen molar-refractivity contribution in [3.05, 3.63) is 200 Å². The minimum Gasteiger partial charge on any atom is -0.314 e. The van der Waals surface area contributed by atoms with Crippen LogP contribution in [-0.2, 0) is 0 Å². The fraction of sp³-hybridized carbons (Fsp3) is 0.241. The fourth-order valence-corrected chi connectivity index (χ4v) is 8.60. The predicted octanol–water partition coefficient (Wildman–Crippen LogP) is 17.1. The van der Waals surface area contributed by atoms with Crippen molar-refractivity contribution >= 4 is 33.2 Å². The number of anilines is 2. The van der Waals surface area contributed by atoms with Gasteiger partial charge in [0.15, 0.2) is 0 Å². The first-order valence-electron chi connectivity index (χ1n) is 21.7. The lowest BCUT2D eigenvalue weighted by Gasteiger charge is -2.36. The van der Waals surface area contributed by atoms with Gasteiger partial charge in [-0.05, 0) is 118 Å². The van der Waals surface area contributed by atoms with Crippen LogP contribution in [0.1, 0.15) is 79.7 Å². The molecule has 2 nitrogen and oxygen atoms in total. The Labute approximate surface area is 359 Å². The Kier molecular flexibility index (Phi) is 12.6. The second kappa shape index (κ2) is 18.0. The maximum Gasteiger partial charge on any atom is 0.0542 e. The third-order valence-electron chi connectivity index (χ3n) is 11.7. The van der Waals surface area contributed by atoms with Crippen molar-refractivity contribution in [2.24, 2.45) is 16.7 Å². The fourth-order valence-electron chi connectivity index (χ4n) is 8.60. The Hall–Kier alpha value is -6.12. The number of aromatic nitrogens is 1. The summed E-state index contributed by atoms with van der Waals surface area (Å²) in [5.74, 6) is 0.579. The zero-order valence-corrected chi connectivity index (χ0v) is 37.0. The molecule has 0 saturated heterocycles. The first-order valence-corrected chi connectivity index (χ1v) is 21.7. The van der Waals surface area contributed by atoms with Gasteiger partial charge in [0.1, 0.15) is 0 Å². The highest BCUT2D eigenvalue weighted by molar-refractivity contribution is 6.11. The van der Waals surface area contributed by atoms with E-state index in [4.69, 9.17) is 0 Å². The maximum absolute atomic E-state index is 4.18. The van der Waals surface area contributed by atoms with Crippen LogP contribution < -0.4 is 4.90 Å². The molecule has 0 radical (unpaired) electrons. The number of fused-ring (bicyclic) bond motifs is 3. The van der Waals surface area contributed by atoms with Gasteiger partial charge in [-0.15, -0.1) is 0 Å². The highest BCUT2D eigenvalue weighted by Gasteiger charge is 2.30. The molecule has 2 heteroatoms. The van der Waals surface area contributed by atoms with Crippen LogP contribution in [0.3, 0.4) is 0 Å². The van der Waals surface area contributed by atoms with Crippen molar-refractivity contribution < 1.29 is 0 Å². The summed E-state index contributed by atoms with van der Waals surface area (Å²) in [6, 6.07) is 53.7. The molecule has 0 aliphatic rings. The highest BCUT2D eigenvalue weighted by atomic mass is 15.2. The van der Waals surface area contributed by atoms with E-state index in [1.54, 1.807) is 0 Å². The summed E-state index contributed by atoms with van der Waals surface area (Å²) in [5.41, 5.74) is 13.5. The van der Waals surface area contributed by atoms with Crippen LogP contribution in [-0.4, -0.2) is 4.57 Å². The van der Waals surface area contributed by atoms with Crippen LogP contribution in [0.15, 0.2) is 194 Å². The van der Waals surface area contributed by atoms with Gasteiger partial charge in [0.05, 0.1) is 11.0 Å². The summed E-state index contributed by atoms with van der Waals surface area (Å²) >= 11 is 0. The Bertz CT molecular complexity index is 2620. The molecule has 0 spiro atoms. The number of nitrogens with zero attached hydrogens (tertiary/aromatic N) is 2. The number of hydrogen-bond donors (Lipinski definition) is 0. The van der Waals surface area contributed by atoms with Crippen LogP contribution >= 0.6 is 0 Å². The monoisotopic (exact) mass is 786 g/mol. The zero-order valence-electron chi connectivity index (χ0n) is 37.0. The molecule has 0 saturated carbocycles. The lowest BCUT2D eigenvalue weighted by Crippen LogP contribution is -2.23. The van der Waals surface area contributed by atoms with E-state index in [0.29, 0.717) is 5.92 Å². The van der Waals surface area contributed by atoms with Gasteiger partial charge in [0.25, 0.3) is 0 Å². The summed E-state index contributed by atoms with van der Waals surface area (Å²) in [6.45, 7) is 22.8. The van der Waals surface area contributed by atoms with Gasteiger partial charge in [-0.2, -0.15) is 0 Å². The molecule has 6 aromatic carbocycles. The Morgan fingerprint density at radius 3 is 1.80 bits per heavy atom. The lowest BCUT2D eigenvalue weighted by molar-refractivity contribution is 0.229. The Balaban J connectivity index is 1.40. The van der Waals surface area contributed by atoms with E-state index in [1.807, 2.05) is 6.08 Å². The van der Waals surface area contributed by atoms with E-state index >= 15 is 0 Å². The van der Waals surface area contributed by atoms with E-state index in [2.05, 4.69) is 247 Å².